The van der Waals surface area contributed by atoms with Crippen molar-refractivity contribution in [2.75, 3.05) is 5.88 Å². The standard InChI is InChI=1S/C14H16ClF4NO/c1-8(2)11(6-7-15)20-13(21)9-4-3-5-10(12(9)16)14(17,18)19/h3-5,8,11H,6-7H2,1-2H3,(H,20,21). The molecule has 1 rings (SSSR count). The maximum absolute atomic E-state index is 13.8. The predicted molar refractivity (Wildman–Crippen MR) is 72.8 cm³/mol. The molecule has 1 aromatic rings. The quantitative estimate of drug-likeness (QED) is 0.637. The molecular formula is C14H16ClF4NO. The largest absolute Gasteiger partial charge is 0.419 e. The van der Waals surface area contributed by atoms with Crippen LogP contribution in [0.3, 0.4) is 0 Å². The predicted octanol–water partition coefficient (Wildman–Crippen LogP) is 4.23. The molecule has 0 aliphatic rings. The molecule has 21 heavy (non-hydrogen) atoms. The first-order valence-corrected chi connectivity index (χ1v) is 6.94. The summed E-state index contributed by atoms with van der Waals surface area (Å²) in [6, 6.07) is 2.30. The number of hydrogen-bond donors (Lipinski definition) is 1. The van der Waals surface area contributed by atoms with Gasteiger partial charge < -0.3 is 5.32 Å². The van der Waals surface area contributed by atoms with Crippen LogP contribution in [0.25, 0.3) is 0 Å². The average Bonchev–Trinajstić information content (AvgIpc) is 2.36. The second kappa shape index (κ2) is 7.11. The van der Waals surface area contributed by atoms with E-state index in [1.165, 1.54) is 0 Å². The molecule has 0 aliphatic heterocycles. The normalized spacial score (nSPS) is 13.3. The Morgan fingerprint density at radius 2 is 1.95 bits per heavy atom. The van der Waals surface area contributed by atoms with Gasteiger partial charge in [0, 0.05) is 11.9 Å². The molecule has 0 radical (unpaired) electrons. The Kier molecular flexibility index (Phi) is 6.01. The molecule has 0 saturated heterocycles. The number of rotatable bonds is 5. The number of alkyl halides is 4. The smallest absolute Gasteiger partial charge is 0.349 e. The van der Waals surface area contributed by atoms with E-state index in [0.29, 0.717) is 12.5 Å². The average molecular weight is 326 g/mol. The molecule has 7 heteroatoms. The van der Waals surface area contributed by atoms with Gasteiger partial charge in [0.1, 0.15) is 5.82 Å². The fourth-order valence-corrected chi connectivity index (χ4v) is 2.10. The summed E-state index contributed by atoms with van der Waals surface area (Å²) in [5.74, 6) is -2.12. The van der Waals surface area contributed by atoms with Crippen LogP contribution in [0.15, 0.2) is 18.2 Å². The molecule has 0 aromatic heterocycles. The Labute approximate surface area is 125 Å². The Balaban J connectivity index is 3.03. The van der Waals surface area contributed by atoms with Crippen molar-refractivity contribution in [3.8, 4) is 0 Å². The Hall–Kier alpha value is -1.30. The molecule has 0 aliphatic carbocycles. The fraction of sp³-hybridized carbons (Fsp3) is 0.500. The van der Waals surface area contributed by atoms with Crippen LogP contribution in [0.2, 0.25) is 0 Å². The van der Waals surface area contributed by atoms with Crippen LogP contribution in [0, 0.1) is 11.7 Å². The maximum atomic E-state index is 13.8. The van der Waals surface area contributed by atoms with Crippen LogP contribution in [-0.2, 0) is 6.18 Å². The molecule has 1 amide bonds. The lowest BCUT2D eigenvalue weighted by Gasteiger charge is -2.22. The Morgan fingerprint density at radius 3 is 2.43 bits per heavy atom. The van der Waals surface area contributed by atoms with E-state index in [1.807, 2.05) is 13.8 Å². The molecule has 0 fully saturated rings. The van der Waals surface area contributed by atoms with E-state index >= 15 is 0 Å². The van der Waals surface area contributed by atoms with Gasteiger partial charge in [0.15, 0.2) is 0 Å². The van der Waals surface area contributed by atoms with Crippen molar-refractivity contribution in [1.82, 2.24) is 5.32 Å². The number of amides is 1. The van der Waals surface area contributed by atoms with Crippen molar-refractivity contribution in [1.29, 1.82) is 0 Å². The van der Waals surface area contributed by atoms with Crippen molar-refractivity contribution in [3.05, 3.63) is 35.1 Å². The van der Waals surface area contributed by atoms with Gasteiger partial charge in [-0.15, -0.1) is 11.6 Å². The first kappa shape index (κ1) is 17.8. The highest BCUT2D eigenvalue weighted by atomic mass is 35.5. The third-order valence-corrected chi connectivity index (χ3v) is 3.31. The zero-order chi connectivity index (χ0) is 16.2. The van der Waals surface area contributed by atoms with Gasteiger partial charge in [0.05, 0.1) is 11.1 Å². The topological polar surface area (TPSA) is 29.1 Å². The van der Waals surface area contributed by atoms with Crippen molar-refractivity contribution in [2.24, 2.45) is 5.92 Å². The molecule has 2 nitrogen and oxygen atoms in total. The summed E-state index contributed by atoms with van der Waals surface area (Å²) >= 11 is 5.61. The van der Waals surface area contributed by atoms with Gasteiger partial charge in [-0.1, -0.05) is 19.9 Å². The number of carbonyl (C=O) groups excluding carboxylic acids is 1. The lowest BCUT2D eigenvalue weighted by molar-refractivity contribution is -0.140. The molecule has 1 aromatic carbocycles. The minimum Gasteiger partial charge on any atom is -0.349 e. The van der Waals surface area contributed by atoms with Crippen LogP contribution in [0.1, 0.15) is 36.2 Å². The number of benzene rings is 1. The maximum Gasteiger partial charge on any atom is 0.419 e. The van der Waals surface area contributed by atoms with Gasteiger partial charge in [0.2, 0.25) is 0 Å². The second-order valence-electron chi connectivity index (χ2n) is 4.97. The molecule has 1 unspecified atom stereocenters. The highest BCUT2D eigenvalue weighted by Crippen LogP contribution is 2.32. The van der Waals surface area contributed by atoms with Gasteiger partial charge in [-0.2, -0.15) is 13.2 Å². The van der Waals surface area contributed by atoms with E-state index in [1.54, 1.807) is 0 Å². The SMILES string of the molecule is CC(C)C(CCCl)NC(=O)c1cccc(C(F)(F)F)c1F. The zero-order valence-corrected chi connectivity index (χ0v) is 12.4. The van der Waals surface area contributed by atoms with E-state index in [2.05, 4.69) is 5.32 Å². The van der Waals surface area contributed by atoms with Crippen LogP contribution in [-0.4, -0.2) is 17.8 Å². The summed E-state index contributed by atoms with van der Waals surface area (Å²) < 4.78 is 51.7. The third kappa shape index (κ3) is 4.59. The minimum absolute atomic E-state index is 0.0292. The lowest BCUT2D eigenvalue weighted by Crippen LogP contribution is -2.39. The molecule has 118 valence electrons. The summed E-state index contributed by atoms with van der Waals surface area (Å²) in [6.07, 6.45) is -4.39. The zero-order valence-electron chi connectivity index (χ0n) is 11.6. The Bertz CT molecular complexity index is 502. The van der Waals surface area contributed by atoms with Gasteiger partial charge in [-0.3, -0.25) is 4.79 Å². The summed E-state index contributed by atoms with van der Waals surface area (Å²) in [6.45, 7) is 3.67. The highest BCUT2D eigenvalue weighted by molar-refractivity contribution is 6.17. The van der Waals surface area contributed by atoms with E-state index < -0.39 is 29.0 Å². The third-order valence-electron chi connectivity index (χ3n) is 3.09. The summed E-state index contributed by atoms with van der Waals surface area (Å²) in [5.41, 5.74) is -2.07. The van der Waals surface area contributed by atoms with Crippen molar-refractivity contribution >= 4 is 17.5 Å². The van der Waals surface area contributed by atoms with Crippen molar-refractivity contribution in [2.45, 2.75) is 32.5 Å². The highest BCUT2D eigenvalue weighted by Gasteiger charge is 2.35. The van der Waals surface area contributed by atoms with E-state index in [9.17, 15) is 22.4 Å². The monoisotopic (exact) mass is 325 g/mol. The van der Waals surface area contributed by atoms with E-state index in [0.717, 1.165) is 12.1 Å². The van der Waals surface area contributed by atoms with Crippen molar-refractivity contribution in [3.63, 3.8) is 0 Å². The molecule has 0 spiro atoms. The molecular weight excluding hydrogens is 310 g/mol. The first-order chi connectivity index (χ1) is 9.68. The van der Waals surface area contributed by atoms with Crippen LogP contribution < -0.4 is 5.32 Å². The number of nitrogens with one attached hydrogen (secondary N) is 1. The van der Waals surface area contributed by atoms with Gasteiger partial charge in [-0.05, 0) is 24.5 Å². The van der Waals surface area contributed by atoms with Crippen LogP contribution in [0.4, 0.5) is 17.6 Å². The van der Waals surface area contributed by atoms with Crippen LogP contribution in [0.5, 0.6) is 0 Å². The molecule has 0 saturated carbocycles. The molecule has 1 atom stereocenters. The van der Waals surface area contributed by atoms with Gasteiger partial charge in [0.25, 0.3) is 5.91 Å². The van der Waals surface area contributed by atoms with Gasteiger partial charge in [-0.25, -0.2) is 4.39 Å². The Morgan fingerprint density at radius 1 is 1.33 bits per heavy atom. The molecule has 0 heterocycles. The number of halogens is 5. The summed E-state index contributed by atoms with van der Waals surface area (Å²) in [4.78, 5) is 12.0. The fourth-order valence-electron chi connectivity index (χ4n) is 1.86. The van der Waals surface area contributed by atoms with E-state index in [-0.39, 0.29) is 17.8 Å². The van der Waals surface area contributed by atoms with Gasteiger partial charge >= 0.3 is 6.18 Å². The lowest BCUT2D eigenvalue weighted by atomic mass is 10.0. The molecule has 1 N–H and O–H groups in total. The second-order valence-corrected chi connectivity index (χ2v) is 5.34. The summed E-state index contributed by atoms with van der Waals surface area (Å²) in [7, 11) is 0. The number of hydrogen-bond acceptors (Lipinski definition) is 1. The number of carbonyl (C=O) groups is 1. The first-order valence-electron chi connectivity index (χ1n) is 6.41. The molecule has 0 bridgehead atoms. The summed E-state index contributed by atoms with van der Waals surface area (Å²) in [5, 5.41) is 2.52. The van der Waals surface area contributed by atoms with E-state index in [4.69, 9.17) is 11.6 Å². The van der Waals surface area contributed by atoms with Crippen molar-refractivity contribution < 1.29 is 22.4 Å². The minimum atomic E-state index is -4.84. The van der Waals surface area contributed by atoms with Crippen LogP contribution >= 0.6 is 11.6 Å².